The molecule has 0 aromatic heterocycles. The fraction of sp³-hybridized carbons (Fsp3) is 0.167. The molecule has 0 unspecified atom stereocenters. The summed E-state index contributed by atoms with van der Waals surface area (Å²) in [6.45, 7) is 3.21. The number of aryl methyl sites for hydroxylation is 1. The van der Waals surface area contributed by atoms with E-state index in [1.54, 1.807) is 0 Å². The average Bonchev–Trinajstić information content (AvgIpc) is 2.27. The molecule has 1 aromatic rings. The predicted molar refractivity (Wildman–Crippen MR) is 56.1 cm³/mol. The Bertz CT molecular complexity index is 354. The first-order valence-electron chi connectivity index (χ1n) is 4.63. The first-order chi connectivity index (χ1) is 7.22. The molecular formula is C12H12O3. The number of hydrogen-bond donors (Lipinski definition) is 0. The van der Waals surface area contributed by atoms with Crippen LogP contribution in [0.1, 0.15) is 12.0 Å². The third-order valence-corrected chi connectivity index (χ3v) is 1.84. The van der Waals surface area contributed by atoms with Gasteiger partial charge < -0.3 is 4.74 Å². The van der Waals surface area contributed by atoms with Gasteiger partial charge in [-0.3, -0.25) is 4.79 Å². The van der Waals surface area contributed by atoms with Gasteiger partial charge in [-0.15, -0.1) is 0 Å². The van der Waals surface area contributed by atoms with Crippen LogP contribution in [0, 0.1) is 0 Å². The van der Waals surface area contributed by atoms with Crippen LogP contribution in [-0.2, 0) is 20.7 Å². The Morgan fingerprint density at radius 3 is 2.53 bits per heavy atom. The standard InChI is InChI=1S/C12H12O3/c1-2-11(13)15-12(14)9-8-10-6-4-3-5-7-10/h2-7H,1,8-9H2. The second-order valence-corrected chi connectivity index (χ2v) is 2.98. The van der Waals surface area contributed by atoms with E-state index in [-0.39, 0.29) is 6.42 Å². The fourth-order valence-electron chi connectivity index (χ4n) is 1.10. The van der Waals surface area contributed by atoms with Crippen LogP contribution in [-0.4, -0.2) is 11.9 Å². The highest BCUT2D eigenvalue weighted by atomic mass is 16.6. The third kappa shape index (κ3) is 4.22. The Balaban J connectivity index is 2.35. The molecule has 0 N–H and O–H groups in total. The zero-order valence-electron chi connectivity index (χ0n) is 8.31. The topological polar surface area (TPSA) is 43.4 Å². The van der Waals surface area contributed by atoms with E-state index < -0.39 is 11.9 Å². The van der Waals surface area contributed by atoms with Crippen molar-refractivity contribution in [2.45, 2.75) is 12.8 Å². The monoisotopic (exact) mass is 204 g/mol. The number of carbonyl (C=O) groups is 2. The molecule has 0 radical (unpaired) electrons. The smallest absolute Gasteiger partial charge is 0.337 e. The molecule has 78 valence electrons. The van der Waals surface area contributed by atoms with Gasteiger partial charge in [0.2, 0.25) is 0 Å². The summed E-state index contributed by atoms with van der Waals surface area (Å²) in [5.41, 5.74) is 1.04. The highest BCUT2D eigenvalue weighted by Crippen LogP contribution is 2.03. The molecule has 0 aliphatic heterocycles. The Morgan fingerprint density at radius 2 is 1.93 bits per heavy atom. The summed E-state index contributed by atoms with van der Waals surface area (Å²) in [6, 6.07) is 9.54. The van der Waals surface area contributed by atoms with E-state index in [2.05, 4.69) is 11.3 Å². The Labute approximate surface area is 88.4 Å². The molecule has 0 aliphatic rings. The molecule has 0 spiro atoms. The van der Waals surface area contributed by atoms with Gasteiger partial charge >= 0.3 is 11.9 Å². The summed E-state index contributed by atoms with van der Waals surface area (Å²) in [4.78, 5) is 21.8. The molecule has 0 bridgehead atoms. The molecule has 0 saturated carbocycles. The van der Waals surface area contributed by atoms with E-state index in [4.69, 9.17) is 0 Å². The normalized spacial score (nSPS) is 9.33. The van der Waals surface area contributed by atoms with Crippen LogP contribution in [0.4, 0.5) is 0 Å². The SMILES string of the molecule is C=CC(=O)OC(=O)CCc1ccccc1. The maximum Gasteiger partial charge on any atom is 0.337 e. The Morgan fingerprint density at radius 1 is 1.27 bits per heavy atom. The van der Waals surface area contributed by atoms with Crippen molar-refractivity contribution >= 4 is 11.9 Å². The van der Waals surface area contributed by atoms with E-state index in [1.165, 1.54) is 0 Å². The van der Waals surface area contributed by atoms with E-state index >= 15 is 0 Å². The van der Waals surface area contributed by atoms with Crippen molar-refractivity contribution in [3.8, 4) is 0 Å². The average molecular weight is 204 g/mol. The van der Waals surface area contributed by atoms with E-state index in [0.29, 0.717) is 6.42 Å². The summed E-state index contributed by atoms with van der Waals surface area (Å²) in [7, 11) is 0. The van der Waals surface area contributed by atoms with Crippen LogP contribution in [0.3, 0.4) is 0 Å². The summed E-state index contributed by atoms with van der Waals surface area (Å²) >= 11 is 0. The van der Waals surface area contributed by atoms with Crippen LogP contribution in [0.15, 0.2) is 43.0 Å². The van der Waals surface area contributed by atoms with Crippen molar-refractivity contribution in [1.29, 1.82) is 0 Å². The minimum atomic E-state index is -0.701. The summed E-state index contributed by atoms with van der Waals surface area (Å²) < 4.78 is 4.43. The quantitative estimate of drug-likeness (QED) is 0.427. The molecule has 0 saturated heterocycles. The van der Waals surface area contributed by atoms with Gasteiger partial charge in [-0.1, -0.05) is 36.9 Å². The summed E-state index contributed by atoms with van der Waals surface area (Å²) in [5.74, 6) is -1.23. The molecule has 1 aromatic carbocycles. The maximum absolute atomic E-state index is 11.1. The first kappa shape index (κ1) is 11.2. The largest absolute Gasteiger partial charge is 0.390 e. The van der Waals surface area contributed by atoms with Crippen molar-refractivity contribution in [2.75, 3.05) is 0 Å². The van der Waals surface area contributed by atoms with Crippen molar-refractivity contribution in [3.63, 3.8) is 0 Å². The van der Waals surface area contributed by atoms with Gasteiger partial charge in [0.1, 0.15) is 0 Å². The highest BCUT2D eigenvalue weighted by Gasteiger charge is 2.06. The molecule has 0 amide bonds. The number of esters is 2. The lowest BCUT2D eigenvalue weighted by Crippen LogP contribution is -2.10. The lowest BCUT2D eigenvalue weighted by atomic mass is 10.1. The molecule has 0 fully saturated rings. The number of carbonyl (C=O) groups excluding carboxylic acids is 2. The second kappa shape index (κ2) is 5.75. The number of ether oxygens (including phenoxy) is 1. The van der Waals surface area contributed by atoms with Gasteiger partial charge in [0, 0.05) is 6.08 Å². The van der Waals surface area contributed by atoms with Crippen LogP contribution in [0.2, 0.25) is 0 Å². The van der Waals surface area contributed by atoms with Crippen molar-refractivity contribution in [1.82, 2.24) is 0 Å². The van der Waals surface area contributed by atoms with Gasteiger partial charge in [-0.25, -0.2) is 4.79 Å². The minimum absolute atomic E-state index is 0.198. The van der Waals surface area contributed by atoms with Gasteiger partial charge in [-0.2, -0.15) is 0 Å². The zero-order valence-corrected chi connectivity index (χ0v) is 8.31. The lowest BCUT2D eigenvalue weighted by molar-refractivity contribution is -0.156. The molecule has 3 nitrogen and oxygen atoms in total. The molecule has 3 heteroatoms. The van der Waals surface area contributed by atoms with Crippen molar-refractivity contribution < 1.29 is 14.3 Å². The molecular weight excluding hydrogens is 192 g/mol. The maximum atomic E-state index is 11.1. The van der Waals surface area contributed by atoms with Crippen LogP contribution in [0.25, 0.3) is 0 Å². The highest BCUT2D eigenvalue weighted by molar-refractivity contribution is 5.91. The van der Waals surface area contributed by atoms with E-state index in [0.717, 1.165) is 11.6 Å². The number of benzene rings is 1. The molecule has 15 heavy (non-hydrogen) atoms. The van der Waals surface area contributed by atoms with Crippen LogP contribution in [0.5, 0.6) is 0 Å². The Hall–Kier alpha value is -1.90. The van der Waals surface area contributed by atoms with Gasteiger partial charge in [0.15, 0.2) is 0 Å². The fourth-order valence-corrected chi connectivity index (χ4v) is 1.10. The second-order valence-electron chi connectivity index (χ2n) is 2.98. The van der Waals surface area contributed by atoms with Gasteiger partial charge in [0.05, 0.1) is 6.42 Å². The zero-order chi connectivity index (χ0) is 11.1. The van der Waals surface area contributed by atoms with Crippen molar-refractivity contribution in [3.05, 3.63) is 48.6 Å². The number of hydrogen-bond acceptors (Lipinski definition) is 3. The first-order valence-corrected chi connectivity index (χ1v) is 4.63. The van der Waals surface area contributed by atoms with Gasteiger partial charge in [-0.05, 0) is 12.0 Å². The Kier molecular flexibility index (Phi) is 4.29. The number of rotatable bonds is 4. The van der Waals surface area contributed by atoms with E-state index in [9.17, 15) is 9.59 Å². The van der Waals surface area contributed by atoms with Crippen molar-refractivity contribution in [2.24, 2.45) is 0 Å². The summed E-state index contributed by atoms with van der Waals surface area (Å²) in [6.07, 6.45) is 1.74. The lowest BCUT2D eigenvalue weighted by Gasteiger charge is -2.00. The van der Waals surface area contributed by atoms with Crippen LogP contribution < -0.4 is 0 Å². The predicted octanol–water partition coefficient (Wildman–Crippen LogP) is 1.87. The third-order valence-electron chi connectivity index (χ3n) is 1.84. The molecule has 0 aliphatic carbocycles. The van der Waals surface area contributed by atoms with E-state index in [1.807, 2.05) is 30.3 Å². The molecule has 0 heterocycles. The minimum Gasteiger partial charge on any atom is -0.390 e. The molecule has 0 atom stereocenters. The van der Waals surface area contributed by atoms with Gasteiger partial charge in [0.25, 0.3) is 0 Å². The van der Waals surface area contributed by atoms with Crippen LogP contribution >= 0.6 is 0 Å². The summed E-state index contributed by atoms with van der Waals surface area (Å²) in [5, 5.41) is 0. The molecule has 1 rings (SSSR count).